The number of amides is 1. The Morgan fingerprint density at radius 3 is 2.40 bits per heavy atom. The molecule has 30 heavy (non-hydrogen) atoms. The lowest BCUT2D eigenvalue weighted by atomic mass is 10.2. The Hall–Kier alpha value is -3.12. The van der Waals surface area contributed by atoms with E-state index in [0.717, 1.165) is 28.8 Å². The van der Waals surface area contributed by atoms with Gasteiger partial charge in [-0.2, -0.15) is 0 Å². The van der Waals surface area contributed by atoms with Crippen molar-refractivity contribution in [2.24, 2.45) is 0 Å². The van der Waals surface area contributed by atoms with E-state index >= 15 is 0 Å². The summed E-state index contributed by atoms with van der Waals surface area (Å²) in [5.74, 6) is -0.239. The maximum Gasteiger partial charge on any atom is 0.264 e. The number of rotatable bonds is 5. The minimum Gasteiger partial charge on any atom is -0.310 e. The molecule has 3 aromatic rings. The predicted molar refractivity (Wildman–Crippen MR) is 119 cm³/mol. The highest BCUT2D eigenvalue weighted by molar-refractivity contribution is 7.92. The monoisotopic (exact) mass is 420 g/mol. The lowest BCUT2D eigenvalue weighted by molar-refractivity contribution is -0.117. The minimum absolute atomic E-state index is 0.171. The Morgan fingerprint density at radius 2 is 1.67 bits per heavy atom. The highest BCUT2D eigenvalue weighted by Crippen LogP contribution is 2.29. The lowest BCUT2D eigenvalue weighted by Crippen LogP contribution is -2.42. The number of anilines is 2. The number of fused-ring (bicyclic) bond motifs is 1. The fourth-order valence-corrected chi connectivity index (χ4v) is 5.15. The quantitative estimate of drug-likeness (QED) is 0.625. The van der Waals surface area contributed by atoms with Crippen LogP contribution < -0.4 is 9.21 Å². The van der Waals surface area contributed by atoms with Crippen LogP contribution in [-0.2, 0) is 21.2 Å². The summed E-state index contributed by atoms with van der Waals surface area (Å²) in [6.45, 7) is 4.11. The van der Waals surface area contributed by atoms with Gasteiger partial charge in [0.2, 0.25) is 5.91 Å². The van der Waals surface area contributed by atoms with Crippen molar-refractivity contribution in [3.63, 3.8) is 0 Å². The second kappa shape index (κ2) is 7.95. The zero-order valence-electron chi connectivity index (χ0n) is 17.1. The number of para-hydroxylation sites is 1. The van der Waals surface area contributed by atoms with Crippen LogP contribution >= 0.6 is 0 Å². The molecule has 0 bridgehead atoms. The molecule has 5 nitrogen and oxygen atoms in total. The highest BCUT2D eigenvalue weighted by Gasteiger charge is 2.31. The van der Waals surface area contributed by atoms with Crippen LogP contribution in [0.15, 0.2) is 77.7 Å². The van der Waals surface area contributed by atoms with Gasteiger partial charge in [-0.1, -0.05) is 48.0 Å². The SMILES string of the molecule is Cc1ccc(S(=O)(=O)N(CC(=O)N2CCc3ccccc32)c2cccc(C)c2)cc1. The topological polar surface area (TPSA) is 57.7 Å². The molecule has 1 heterocycles. The van der Waals surface area contributed by atoms with E-state index in [4.69, 9.17) is 0 Å². The molecule has 1 amide bonds. The maximum atomic E-state index is 13.5. The summed E-state index contributed by atoms with van der Waals surface area (Å²) in [7, 11) is -3.90. The van der Waals surface area contributed by atoms with E-state index in [1.54, 1.807) is 47.4 Å². The van der Waals surface area contributed by atoms with Crippen LogP contribution in [0.2, 0.25) is 0 Å². The first-order valence-corrected chi connectivity index (χ1v) is 11.3. The molecule has 0 radical (unpaired) electrons. The Balaban J connectivity index is 1.71. The van der Waals surface area contributed by atoms with E-state index < -0.39 is 10.0 Å². The molecule has 0 saturated carbocycles. The van der Waals surface area contributed by atoms with Gasteiger partial charge in [0.05, 0.1) is 10.6 Å². The third-order valence-corrected chi connectivity index (χ3v) is 7.15. The van der Waals surface area contributed by atoms with E-state index in [-0.39, 0.29) is 17.3 Å². The summed E-state index contributed by atoms with van der Waals surface area (Å²) in [5.41, 5.74) is 4.35. The largest absolute Gasteiger partial charge is 0.310 e. The molecule has 6 heteroatoms. The molecule has 0 aromatic heterocycles. The first kappa shape index (κ1) is 20.2. The van der Waals surface area contributed by atoms with E-state index in [1.807, 2.05) is 44.2 Å². The fourth-order valence-electron chi connectivity index (χ4n) is 3.74. The van der Waals surface area contributed by atoms with Crippen LogP contribution in [0, 0.1) is 13.8 Å². The van der Waals surface area contributed by atoms with Gasteiger partial charge in [0.15, 0.2) is 0 Å². The standard InChI is InChI=1S/C24H24N2O3S/c1-18-10-12-22(13-11-18)30(28,29)26(21-8-5-6-19(2)16-21)17-24(27)25-15-14-20-7-3-4-9-23(20)25/h3-13,16H,14-15,17H2,1-2H3. The fraction of sp³-hybridized carbons (Fsp3) is 0.208. The zero-order chi connectivity index (χ0) is 21.3. The molecule has 0 spiro atoms. The second-order valence-corrected chi connectivity index (χ2v) is 9.45. The van der Waals surface area contributed by atoms with Crippen molar-refractivity contribution < 1.29 is 13.2 Å². The summed E-state index contributed by atoms with van der Waals surface area (Å²) in [6.07, 6.45) is 0.775. The third kappa shape index (κ3) is 3.83. The number of benzene rings is 3. The van der Waals surface area contributed by atoms with Crippen molar-refractivity contribution in [3.05, 3.63) is 89.5 Å². The molecule has 0 unspecified atom stereocenters. The molecule has 0 saturated heterocycles. The van der Waals surface area contributed by atoms with E-state index in [0.29, 0.717) is 12.2 Å². The molecular formula is C24H24N2O3S. The van der Waals surface area contributed by atoms with Crippen molar-refractivity contribution in [2.45, 2.75) is 25.2 Å². The Labute approximate surface area is 177 Å². The number of nitrogens with zero attached hydrogens (tertiary/aromatic N) is 2. The van der Waals surface area contributed by atoms with Gasteiger partial charge >= 0.3 is 0 Å². The van der Waals surface area contributed by atoms with Crippen molar-refractivity contribution >= 4 is 27.3 Å². The van der Waals surface area contributed by atoms with Crippen LogP contribution in [0.25, 0.3) is 0 Å². The molecule has 0 aliphatic carbocycles. The summed E-state index contributed by atoms with van der Waals surface area (Å²) in [6, 6.07) is 21.7. The zero-order valence-corrected chi connectivity index (χ0v) is 17.9. The minimum atomic E-state index is -3.90. The van der Waals surface area contributed by atoms with Crippen molar-refractivity contribution in [1.82, 2.24) is 0 Å². The Kier molecular flexibility index (Phi) is 5.35. The first-order chi connectivity index (χ1) is 14.4. The highest BCUT2D eigenvalue weighted by atomic mass is 32.2. The van der Waals surface area contributed by atoms with Crippen molar-refractivity contribution in [1.29, 1.82) is 0 Å². The van der Waals surface area contributed by atoms with Gasteiger partial charge in [0.25, 0.3) is 10.0 Å². The molecular weight excluding hydrogens is 396 g/mol. The van der Waals surface area contributed by atoms with Gasteiger partial charge < -0.3 is 4.90 Å². The van der Waals surface area contributed by atoms with Gasteiger partial charge in [-0.3, -0.25) is 9.10 Å². The number of hydrogen-bond donors (Lipinski definition) is 0. The number of hydrogen-bond acceptors (Lipinski definition) is 3. The predicted octanol–water partition coefficient (Wildman–Crippen LogP) is 4.09. The summed E-state index contributed by atoms with van der Waals surface area (Å²) >= 11 is 0. The Morgan fingerprint density at radius 1 is 0.933 bits per heavy atom. The third-order valence-electron chi connectivity index (χ3n) is 5.37. The Bertz CT molecular complexity index is 1190. The van der Waals surface area contributed by atoms with Crippen LogP contribution in [0.5, 0.6) is 0 Å². The lowest BCUT2D eigenvalue weighted by Gasteiger charge is -2.27. The van der Waals surface area contributed by atoms with Crippen molar-refractivity contribution in [2.75, 3.05) is 22.3 Å². The van der Waals surface area contributed by atoms with E-state index in [9.17, 15) is 13.2 Å². The molecule has 0 fully saturated rings. The number of carbonyl (C=O) groups is 1. The molecule has 4 rings (SSSR count). The molecule has 0 N–H and O–H groups in total. The van der Waals surface area contributed by atoms with Crippen LogP contribution in [0.3, 0.4) is 0 Å². The second-order valence-electron chi connectivity index (χ2n) is 7.59. The van der Waals surface area contributed by atoms with Gasteiger partial charge in [-0.25, -0.2) is 8.42 Å². The van der Waals surface area contributed by atoms with Crippen LogP contribution in [0.1, 0.15) is 16.7 Å². The molecule has 154 valence electrons. The van der Waals surface area contributed by atoms with Crippen molar-refractivity contribution in [3.8, 4) is 0 Å². The smallest absolute Gasteiger partial charge is 0.264 e. The normalized spacial score (nSPS) is 13.2. The number of carbonyl (C=O) groups excluding carboxylic acids is 1. The summed E-state index contributed by atoms with van der Waals surface area (Å²) < 4.78 is 28.2. The molecule has 0 atom stereocenters. The van der Waals surface area contributed by atoms with Gasteiger partial charge in [-0.05, 0) is 61.7 Å². The molecule has 3 aromatic carbocycles. The number of aryl methyl sites for hydroxylation is 2. The van der Waals surface area contributed by atoms with Gasteiger partial charge in [0, 0.05) is 12.2 Å². The average Bonchev–Trinajstić information content (AvgIpc) is 3.16. The average molecular weight is 421 g/mol. The summed E-state index contributed by atoms with van der Waals surface area (Å²) in [5, 5.41) is 0. The molecule has 1 aliphatic rings. The van der Waals surface area contributed by atoms with E-state index in [1.165, 1.54) is 4.31 Å². The number of sulfonamides is 1. The molecule has 1 aliphatic heterocycles. The van der Waals surface area contributed by atoms with E-state index in [2.05, 4.69) is 0 Å². The van der Waals surface area contributed by atoms with Crippen LogP contribution in [-0.4, -0.2) is 27.4 Å². The van der Waals surface area contributed by atoms with Crippen LogP contribution in [0.4, 0.5) is 11.4 Å². The maximum absolute atomic E-state index is 13.5. The summed E-state index contributed by atoms with van der Waals surface area (Å²) in [4.78, 5) is 15.1. The van der Waals surface area contributed by atoms with Gasteiger partial charge in [0.1, 0.15) is 6.54 Å². The van der Waals surface area contributed by atoms with Gasteiger partial charge in [-0.15, -0.1) is 0 Å². The first-order valence-electron chi connectivity index (χ1n) is 9.90.